The van der Waals surface area contributed by atoms with Crippen LogP contribution in [0, 0.1) is 6.92 Å². The summed E-state index contributed by atoms with van der Waals surface area (Å²) < 4.78 is 66.7. The van der Waals surface area contributed by atoms with Gasteiger partial charge in [0.25, 0.3) is 5.91 Å². The summed E-state index contributed by atoms with van der Waals surface area (Å²) in [6.45, 7) is 1.62. The molecule has 1 saturated heterocycles. The first-order chi connectivity index (χ1) is 13.5. The molecule has 2 aromatic rings. The summed E-state index contributed by atoms with van der Waals surface area (Å²) in [5, 5.41) is 9.07. The van der Waals surface area contributed by atoms with Gasteiger partial charge < -0.3 is 10.2 Å². The molecule has 1 amide bonds. The Morgan fingerprint density at radius 2 is 1.93 bits per heavy atom. The second-order valence-corrected chi connectivity index (χ2v) is 6.80. The van der Waals surface area contributed by atoms with Crippen molar-refractivity contribution in [1.82, 2.24) is 15.2 Å². The molecule has 0 saturated carbocycles. The lowest BCUT2D eigenvalue weighted by Crippen LogP contribution is -2.30. The molecule has 0 bridgehead atoms. The molecule has 6 nitrogen and oxygen atoms in total. The summed E-state index contributed by atoms with van der Waals surface area (Å²) in [5.41, 5.74) is -0.817. The summed E-state index contributed by atoms with van der Waals surface area (Å²) in [5.74, 6) is -3.71. The lowest BCUT2D eigenvalue weighted by atomic mass is 10.1. The van der Waals surface area contributed by atoms with Crippen molar-refractivity contribution in [2.24, 2.45) is 0 Å². The average molecular weight is 415 g/mol. The molecule has 0 aliphatic carbocycles. The van der Waals surface area contributed by atoms with Gasteiger partial charge in [-0.2, -0.15) is 13.2 Å². The second kappa shape index (κ2) is 7.88. The minimum absolute atomic E-state index is 0.0691. The Kier molecular flexibility index (Phi) is 5.67. The summed E-state index contributed by atoms with van der Waals surface area (Å²) in [6.07, 6.45) is -4.23. The van der Waals surface area contributed by atoms with Crippen molar-refractivity contribution in [3.05, 3.63) is 41.5 Å². The topological polar surface area (TPSA) is 71.0 Å². The normalized spacial score (nSPS) is 17.0. The Morgan fingerprint density at radius 3 is 2.59 bits per heavy atom. The molecule has 11 heteroatoms. The highest BCUT2D eigenvalue weighted by Crippen LogP contribution is 2.34. The SMILES string of the molecule is Cc1ccc(NC(=O)c2nnc(C(F)(F)F)cc2N2CCCC(F)(F)CC2)cn1. The number of pyridine rings is 1. The van der Waals surface area contributed by atoms with Gasteiger partial charge in [0.2, 0.25) is 5.92 Å². The highest BCUT2D eigenvalue weighted by Gasteiger charge is 2.37. The van der Waals surface area contributed by atoms with Crippen LogP contribution in [0.25, 0.3) is 0 Å². The van der Waals surface area contributed by atoms with E-state index in [1.807, 2.05) is 0 Å². The number of anilines is 2. The van der Waals surface area contributed by atoms with Crippen LogP contribution >= 0.6 is 0 Å². The Morgan fingerprint density at radius 1 is 1.17 bits per heavy atom. The maximum Gasteiger partial charge on any atom is 0.435 e. The van der Waals surface area contributed by atoms with Crippen molar-refractivity contribution in [2.45, 2.75) is 38.3 Å². The predicted octanol–water partition coefficient (Wildman–Crippen LogP) is 4.08. The molecule has 1 fully saturated rings. The monoisotopic (exact) mass is 415 g/mol. The molecule has 3 rings (SSSR count). The maximum absolute atomic E-state index is 13.7. The van der Waals surface area contributed by atoms with E-state index < -0.39 is 30.1 Å². The first-order valence-corrected chi connectivity index (χ1v) is 8.87. The van der Waals surface area contributed by atoms with Gasteiger partial charge in [0.1, 0.15) is 0 Å². The Balaban J connectivity index is 1.95. The molecule has 0 radical (unpaired) electrons. The number of nitrogens with zero attached hydrogens (tertiary/aromatic N) is 4. The van der Waals surface area contributed by atoms with Crippen molar-refractivity contribution < 1.29 is 26.7 Å². The largest absolute Gasteiger partial charge is 0.435 e. The van der Waals surface area contributed by atoms with E-state index in [1.54, 1.807) is 19.1 Å². The number of aryl methyl sites for hydroxylation is 1. The fourth-order valence-corrected chi connectivity index (χ4v) is 2.96. The van der Waals surface area contributed by atoms with E-state index in [9.17, 15) is 26.7 Å². The Hall–Kier alpha value is -2.85. The number of hydrogen-bond donors (Lipinski definition) is 1. The quantitative estimate of drug-likeness (QED) is 0.765. The zero-order valence-corrected chi connectivity index (χ0v) is 15.4. The lowest BCUT2D eigenvalue weighted by Gasteiger charge is -2.25. The van der Waals surface area contributed by atoms with Gasteiger partial charge in [-0.25, -0.2) is 8.78 Å². The van der Waals surface area contributed by atoms with Crippen molar-refractivity contribution in [3.63, 3.8) is 0 Å². The molecular weight excluding hydrogens is 397 g/mol. The highest BCUT2D eigenvalue weighted by atomic mass is 19.4. The van der Waals surface area contributed by atoms with Gasteiger partial charge in [0, 0.05) is 31.6 Å². The summed E-state index contributed by atoms with van der Waals surface area (Å²) in [4.78, 5) is 18.0. The van der Waals surface area contributed by atoms with Gasteiger partial charge in [-0.15, -0.1) is 10.2 Å². The fourth-order valence-electron chi connectivity index (χ4n) is 2.96. The average Bonchev–Trinajstić information content (AvgIpc) is 2.83. The van der Waals surface area contributed by atoms with E-state index in [2.05, 4.69) is 20.5 Å². The van der Waals surface area contributed by atoms with Crippen LogP contribution in [0.15, 0.2) is 24.4 Å². The number of hydrogen-bond acceptors (Lipinski definition) is 5. The van der Waals surface area contributed by atoms with Gasteiger partial charge in [0.05, 0.1) is 17.6 Å². The van der Waals surface area contributed by atoms with Crippen LogP contribution in [0.5, 0.6) is 0 Å². The fraction of sp³-hybridized carbons (Fsp3) is 0.444. The molecular formula is C18H18F5N5O. The van der Waals surface area contributed by atoms with Gasteiger partial charge in [0.15, 0.2) is 11.4 Å². The van der Waals surface area contributed by atoms with E-state index in [0.717, 1.165) is 0 Å². The highest BCUT2D eigenvalue weighted by molar-refractivity contribution is 6.06. The van der Waals surface area contributed by atoms with E-state index in [4.69, 9.17) is 0 Å². The van der Waals surface area contributed by atoms with E-state index in [-0.39, 0.29) is 37.3 Å². The molecule has 1 N–H and O–H groups in total. The first-order valence-electron chi connectivity index (χ1n) is 8.87. The minimum Gasteiger partial charge on any atom is -0.369 e. The van der Waals surface area contributed by atoms with Gasteiger partial charge >= 0.3 is 6.18 Å². The number of alkyl halides is 5. The van der Waals surface area contributed by atoms with Gasteiger partial charge in [-0.3, -0.25) is 9.78 Å². The molecule has 0 aromatic carbocycles. The molecule has 0 atom stereocenters. The third kappa shape index (κ3) is 5.15. The third-order valence-corrected chi connectivity index (χ3v) is 4.51. The molecule has 1 aliphatic rings. The summed E-state index contributed by atoms with van der Waals surface area (Å²) in [7, 11) is 0. The van der Waals surface area contributed by atoms with Gasteiger partial charge in [-0.05, 0) is 31.5 Å². The van der Waals surface area contributed by atoms with Crippen molar-refractivity contribution in [1.29, 1.82) is 0 Å². The lowest BCUT2D eigenvalue weighted by molar-refractivity contribution is -0.141. The third-order valence-electron chi connectivity index (χ3n) is 4.51. The van der Waals surface area contributed by atoms with E-state index in [1.165, 1.54) is 11.1 Å². The smallest absolute Gasteiger partial charge is 0.369 e. The second-order valence-electron chi connectivity index (χ2n) is 6.80. The summed E-state index contributed by atoms with van der Waals surface area (Å²) in [6, 6.07) is 3.90. The number of carbonyl (C=O) groups excluding carboxylic acids is 1. The predicted molar refractivity (Wildman–Crippen MR) is 95.0 cm³/mol. The van der Waals surface area contributed by atoms with E-state index >= 15 is 0 Å². The van der Waals surface area contributed by atoms with Crippen LogP contribution in [0.1, 0.15) is 41.1 Å². The molecule has 29 heavy (non-hydrogen) atoms. The minimum atomic E-state index is -4.78. The van der Waals surface area contributed by atoms with Crippen LogP contribution in [0.2, 0.25) is 0 Å². The molecule has 0 unspecified atom stereocenters. The maximum atomic E-state index is 13.7. The Bertz CT molecular complexity index is 885. The van der Waals surface area contributed by atoms with Crippen molar-refractivity contribution >= 4 is 17.3 Å². The van der Waals surface area contributed by atoms with Crippen LogP contribution in [-0.2, 0) is 6.18 Å². The van der Waals surface area contributed by atoms with E-state index in [0.29, 0.717) is 17.4 Å². The number of amides is 1. The number of rotatable bonds is 3. The van der Waals surface area contributed by atoms with Crippen molar-refractivity contribution in [3.8, 4) is 0 Å². The summed E-state index contributed by atoms with van der Waals surface area (Å²) >= 11 is 0. The number of halogens is 5. The molecule has 3 heterocycles. The van der Waals surface area contributed by atoms with Crippen molar-refractivity contribution in [2.75, 3.05) is 23.3 Å². The molecule has 1 aliphatic heterocycles. The molecule has 2 aromatic heterocycles. The van der Waals surface area contributed by atoms with Crippen LogP contribution in [0.4, 0.5) is 33.3 Å². The van der Waals surface area contributed by atoms with Crippen LogP contribution in [-0.4, -0.2) is 40.1 Å². The molecule has 0 spiro atoms. The Labute approximate surface area is 163 Å². The number of aromatic nitrogens is 3. The number of nitrogens with one attached hydrogen (secondary N) is 1. The first kappa shape index (κ1) is 20.9. The molecule has 156 valence electrons. The van der Waals surface area contributed by atoms with Gasteiger partial charge in [-0.1, -0.05) is 0 Å². The van der Waals surface area contributed by atoms with Crippen LogP contribution < -0.4 is 10.2 Å². The zero-order valence-electron chi connectivity index (χ0n) is 15.4. The van der Waals surface area contributed by atoms with Crippen LogP contribution in [0.3, 0.4) is 0 Å². The zero-order chi connectivity index (χ0) is 21.2. The number of carbonyl (C=O) groups is 1. The standard InChI is InChI=1S/C18H18F5N5O/c1-11-3-4-12(10-24-11)25-16(29)15-13(9-14(26-27-15)18(21,22)23)28-7-2-5-17(19,20)6-8-28/h3-4,9-10H,2,5-8H2,1H3,(H,25,29).